The average molecular weight is 266 g/mol. The van der Waals surface area contributed by atoms with E-state index in [1.165, 1.54) is 22.4 Å². The fourth-order valence-electron chi connectivity index (χ4n) is 2.92. The zero-order valence-corrected chi connectivity index (χ0v) is 12.1. The lowest BCUT2D eigenvalue weighted by atomic mass is 9.95. The van der Waals surface area contributed by atoms with Gasteiger partial charge in [-0.15, -0.1) is 0 Å². The van der Waals surface area contributed by atoms with Gasteiger partial charge in [-0.25, -0.2) is 0 Å². The Balaban J connectivity index is 1.70. The van der Waals surface area contributed by atoms with Crippen LogP contribution in [0.1, 0.15) is 18.9 Å². The number of hydrogen-bond donors (Lipinski definition) is 1. The standard InChI is InChI=1S/C18H22N2/c1-14-12-18-15(2)19-10-11-20(18)13-17(14)9-8-16-6-4-3-5-7-16/h3-7,12-13,15,19H,1,8-11H2,2H3. The maximum absolute atomic E-state index is 4.23. The van der Waals surface area contributed by atoms with Gasteiger partial charge in [0.1, 0.15) is 0 Å². The van der Waals surface area contributed by atoms with Gasteiger partial charge in [0.2, 0.25) is 0 Å². The van der Waals surface area contributed by atoms with Gasteiger partial charge in [-0.2, -0.15) is 0 Å². The largest absolute Gasteiger partial charge is 0.348 e. The highest BCUT2D eigenvalue weighted by atomic mass is 15.2. The Kier molecular flexibility index (Phi) is 3.75. The summed E-state index contributed by atoms with van der Waals surface area (Å²) in [5, 5.41) is 3.49. The maximum Gasteiger partial charge on any atom is 0.0447 e. The molecular formula is C18H22N2. The molecule has 1 unspecified atom stereocenters. The van der Waals surface area contributed by atoms with Crippen LogP contribution in [0.4, 0.5) is 0 Å². The van der Waals surface area contributed by atoms with Crippen molar-refractivity contribution >= 4 is 0 Å². The normalized spacial score (nSPS) is 22.1. The van der Waals surface area contributed by atoms with Crippen LogP contribution >= 0.6 is 0 Å². The number of benzene rings is 1. The average Bonchev–Trinajstić information content (AvgIpc) is 2.47. The predicted octanol–water partition coefficient (Wildman–Crippen LogP) is 3.25. The third kappa shape index (κ3) is 2.70. The number of piperazine rings is 1. The second-order valence-corrected chi connectivity index (χ2v) is 5.60. The van der Waals surface area contributed by atoms with Gasteiger partial charge in [-0.05, 0) is 42.6 Å². The molecule has 0 spiro atoms. The van der Waals surface area contributed by atoms with Crippen molar-refractivity contribution < 1.29 is 0 Å². The third-order valence-corrected chi connectivity index (χ3v) is 4.15. The molecule has 0 aromatic heterocycles. The van der Waals surface area contributed by atoms with Crippen molar-refractivity contribution in [3.05, 3.63) is 71.6 Å². The lowest BCUT2D eigenvalue weighted by Gasteiger charge is -2.37. The minimum absolute atomic E-state index is 0.424. The molecule has 3 rings (SSSR count). The highest BCUT2D eigenvalue weighted by Gasteiger charge is 2.23. The van der Waals surface area contributed by atoms with Crippen molar-refractivity contribution in [2.75, 3.05) is 13.1 Å². The van der Waals surface area contributed by atoms with Crippen LogP contribution in [0.15, 0.2) is 66.0 Å². The molecule has 1 saturated heterocycles. The summed E-state index contributed by atoms with van der Waals surface area (Å²) in [7, 11) is 0. The third-order valence-electron chi connectivity index (χ3n) is 4.15. The van der Waals surface area contributed by atoms with Crippen LogP contribution in [0.3, 0.4) is 0 Å². The number of hydrogen-bond acceptors (Lipinski definition) is 2. The molecule has 0 radical (unpaired) electrons. The Morgan fingerprint density at radius 1 is 1.25 bits per heavy atom. The first-order chi connectivity index (χ1) is 9.74. The highest BCUT2D eigenvalue weighted by molar-refractivity contribution is 5.45. The molecule has 1 atom stereocenters. The number of nitrogens with zero attached hydrogens (tertiary/aromatic N) is 1. The lowest BCUT2D eigenvalue weighted by molar-refractivity contribution is 0.341. The van der Waals surface area contributed by atoms with Crippen LogP contribution in [0, 0.1) is 0 Å². The monoisotopic (exact) mass is 266 g/mol. The van der Waals surface area contributed by atoms with Crippen LogP contribution in [0.2, 0.25) is 0 Å². The van der Waals surface area contributed by atoms with Crippen molar-refractivity contribution in [2.24, 2.45) is 0 Å². The molecule has 1 aromatic rings. The number of nitrogens with one attached hydrogen (secondary N) is 1. The van der Waals surface area contributed by atoms with Gasteiger partial charge in [-0.1, -0.05) is 36.9 Å². The zero-order chi connectivity index (χ0) is 13.9. The SMILES string of the molecule is C=C1C=C2C(C)NCCN2C=C1CCc1ccccc1. The predicted molar refractivity (Wildman–Crippen MR) is 84.2 cm³/mol. The summed E-state index contributed by atoms with van der Waals surface area (Å²) >= 11 is 0. The van der Waals surface area contributed by atoms with Gasteiger partial charge in [0.15, 0.2) is 0 Å². The Morgan fingerprint density at radius 3 is 2.85 bits per heavy atom. The minimum atomic E-state index is 0.424. The fraction of sp³-hybridized carbons (Fsp3) is 0.333. The topological polar surface area (TPSA) is 15.3 Å². The second kappa shape index (κ2) is 5.68. The molecule has 0 saturated carbocycles. The number of fused-ring (bicyclic) bond motifs is 1. The molecule has 20 heavy (non-hydrogen) atoms. The highest BCUT2D eigenvalue weighted by Crippen LogP contribution is 2.28. The number of rotatable bonds is 3. The summed E-state index contributed by atoms with van der Waals surface area (Å²) in [4.78, 5) is 2.39. The van der Waals surface area contributed by atoms with E-state index in [9.17, 15) is 0 Å². The summed E-state index contributed by atoms with van der Waals surface area (Å²) in [6.07, 6.45) is 6.69. The molecular weight excluding hydrogens is 244 g/mol. The molecule has 2 aliphatic rings. The molecule has 2 nitrogen and oxygen atoms in total. The Labute approximate surface area is 121 Å². The first-order valence-electron chi connectivity index (χ1n) is 7.39. The minimum Gasteiger partial charge on any atom is -0.348 e. The number of allylic oxidation sites excluding steroid dienone is 3. The Morgan fingerprint density at radius 2 is 2.05 bits per heavy atom. The lowest BCUT2D eigenvalue weighted by Crippen LogP contribution is -2.46. The molecule has 1 N–H and O–H groups in total. The molecule has 2 aliphatic heterocycles. The quantitative estimate of drug-likeness (QED) is 0.903. The molecule has 0 aliphatic carbocycles. The van der Waals surface area contributed by atoms with E-state index in [-0.39, 0.29) is 0 Å². The van der Waals surface area contributed by atoms with E-state index in [1.807, 2.05) is 0 Å². The van der Waals surface area contributed by atoms with Crippen LogP contribution < -0.4 is 5.32 Å². The van der Waals surface area contributed by atoms with Gasteiger partial charge in [0.05, 0.1) is 0 Å². The summed E-state index contributed by atoms with van der Waals surface area (Å²) in [5.41, 5.74) is 5.28. The second-order valence-electron chi connectivity index (χ2n) is 5.60. The van der Waals surface area contributed by atoms with E-state index >= 15 is 0 Å². The summed E-state index contributed by atoms with van der Waals surface area (Å²) in [6, 6.07) is 11.1. The first-order valence-corrected chi connectivity index (χ1v) is 7.39. The molecule has 1 fully saturated rings. The summed E-state index contributed by atoms with van der Waals surface area (Å²) in [5.74, 6) is 0. The van der Waals surface area contributed by atoms with Crippen molar-refractivity contribution in [1.82, 2.24) is 10.2 Å². The van der Waals surface area contributed by atoms with Gasteiger partial charge in [0, 0.05) is 31.0 Å². The van der Waals surface area contributed by atoms with E-state index < -0.39 is 0 Å². The Bertz CT molecular complexity index is 554. The van der Waals surface area contributed by atoms with Gasteiger partial charge in [0.25, 0.3) is 0 Å². The van der Waals surface area contributed by atoms with E-state index in [0.717, 1.165) is 25.9 Å². The van der Waals surface area contributed by atoms with Crippen molar-refractivity contribution in [3.63, 3.8) is 0 Å². The van der Waals surface area contributed by atoms with Crippen LogP contribution in [-0.2, 0) is 6.42 Å². The summed E-state index contributed by atoms with van der Waals surface area (Å²) in [6.45, 7) is 8.55. The van der Waals surface area contributed by atoms with Crippen molar-refractivity contribution in [1.29, 1.82) is 0 Å². The molecule has 0 amide bonds. The molecule has 2 heteroatoms. The molecule has 0 bridgehead atoms. The van der Waals surface area contributed by atoms with E-state index in [2.05, 4.69) is 66.3 Å². The molecule has 1 aromatic carbocycles. The van der Waals surface area contributed by atoms with Crippen molar-refractivity contribution in [3.8, 4) is 0 Å². The van der Waals surface area contributed by atoms with E-state index in [4.69, 9.17) is 0 Å². The van der Waals surface area contributed by atoms with Gasteiger partial charge in [-0.3, -0.25) is 0 Å². The van der Waals surface area contributed by atoms with Crippen LogP contribution in [0.25, 0.3) is 0 Å². The maximum atomic E-state index is 4.23. The van der Waals surface area contributed by atoms with E-state index in [0.29, 0.717) is 6.04 Å². The Hall–Kier alpha value is -1.80. The molecule has 104 valence electrons. The fourth-order valence-corrected chi connectivity index (χ4v) is 2.92. The molecule has 2 heterocycles. The first kappa shape index (κ1) is 13.2. The van der Waals surface area contributed by atoms with Gasteiger partial charge < -0.3 is 10.2 Å². The van der Waals surface area contributed by atoms with Crippen LogP contribution in [-0.4, -0.2) is 24.0 Å². The van der Waals surface area contributed by atoms with E-state index in [1.54, 1.807) is 0 Å². The van der Waals surface area contributed by atoms with Gasteiger partial charge >= 0.3 is 0 Å². The smallest absolute Gasteiger partial charge is 0.0447 e. The van der Waals surface area contributed by atoms with Crippen molar-refractivity contribution in [2.45, 2.75) is 25.8 Å². The zero-order valence-electron chi connectivity index (χ0n) is 12.1. The summed E-state index contributed by atoms with van der Waals surface area (Å²) < 4.78 is 0. The van der Waals surface area contributed by atoms with Crippen LogP contribution in [0.5, 0.6) is 0 Å². The number of aryl methyl sites for hydroxylation is 1.